The molecule has 1 fully saturated rings. The second-order valence-corrected chi connectivity index (χ2v) is 9.46. The first-order chi connectivity index (χ1) is 15.3. The van der Waals surface area contributed by atoms with Crippen LogP contribution in [0.25, 0.3) is 5.76 Å². The fraction of sp³-hybridized carbons (Fsp3) is 0.440. The maximum absolute atomic E-state index is 13.5. The molecule has 6 nitrogen and oxygen atoms in total. The van der Waals surface area contributed by atoms with E-state index in [1.807, 2.05) is 38.5 Å². The number of amides is 1. The van der Waals surface area contributed by atoms with Crippen LogP contribution >= 0.6 is 11.3 Å². The molecule has 2 aromatic rings. The number of ketones is 1. The van der Waals surface area contributed by atoms with Crippen molar-refractivity contribution in [3.8, 4) is 5.75 Å². The molecule has 7 heteroatoms. The van der Waals surface area contributed by atoms with Gasteiger partial charge in [0.2, 0.25) is 5.78 Å². The SMILES string of the molecule is CCCCOc1ccc(C([O-])=C2C(=O)C(=O)N(CCC[NH+](C)C)C2c2cccs2)cc1C. The highest BCUT2D eigenvalue weighted by Gasteiger charge is 2.44. The lowest BCUT2D eigenvalue weighted by molar-refractivity contribution is -0.858. The monoisotopic (exact) mass is 456 g/mol. The smallest absolute Gasteiger partial charge is 0.295 e. The van der Waals surface area contributed by atoms with Crippen molar-refractivity contribution >= 4 is 28.8 Å². The van der Waals surface area contributed by atoms with Gasteiger partial charge in [-0.2, -0.15) is 0 Å². The van der Waals surface area contributed by atoms with Crippen molar-refractivity contribution in [3.63, 3.8) is 0 Å². The van der Waals surface area contributed by atoms with Gasteiger partial charge < -0.3 is 19.6 Å². The van der Waals surface area contributed by atoms with Gasteiger partial charge in [-0.15, -0.1) is 11.3 Å². The van der Waals surface area contributed by atoms with Gasteiger partial charge in [-0.05, 0) is 48.1 Å². The first-order valence-corrected chi connectivity index (χ1v) is 12.1. The topological polar surface area (TPSA) is 74.1 Å². The number of quaternary nitrogens is 1. The zero-order valence-corrected chi connectivity index (χ0v) is 20.1. The lowest BCUT2D eigenvalue weighted by atomic mass is 9.98. The number of carbonyl (C=O) groups is 2. The average molecular weight is 457 g/mol. The Morgan fingerprint density at radius 2 is 2.00 bits per heavy atom. The number of hydrogen-bond acceptors (Lipinski definition) is 5. The highest BCUT2D eigenvalue weighted by molar-refractivity contribution is 7.10. The number of benzene rings is 1. The predicted molar refractivity (Wildman–Crippen MR) is 125 cm³/mol. The molecular formula is C25H32N2O4S. The lowest BCUT2D eigenvalue weighted by Crippen LogP contribution is -3.05. The average Bonchev–Trinajstić information content (AvgIpc) is 3.37. The summed E-state index contributed by atoms with van der Waals surface area (Å²) in [6, 6.07) is 8.35. The van der Waals surface area contributed by atoms with E-state index >= 15 is 0 Å². The van der Waals surface area contributed by atoms with Gasteiger partial charge in [0.15, 0.2) is 0 Å². The zero-order valence-electron chi connectivity index (χ0n) is 19.3. The maximum atomic E-state index is 13.5. The van der Waals surface area contributed by atoms with Crippen LogP contribution in [-0.4, -0.2) is 50.4 Å². The standard InChI is InChI=1S/C25H32N2O4S/c1-5-6-14-31-19-11-10-18(16-17(19)2)23(28)21-22(20-9-7-15-32-20)27(25(30)24(21)29)13-8-12-26(3)4/h7,9-11,15-16,22,28H,5-6,8,12-14H2,1-4H3. The van der Waals surface area contributed by atoms with Gasteiger partial charge >= 0.3 is 0 Å². The minimum atomic E-state index is -0.688. The maximum Gasteiger partial charge on any atom is 0.295 e. The second kappa shape index (κ2) is 10.8. The summed E-state index contributed by atoms with van der Waals surface area (Å²) in [6.45, 7) is 5.93. The number of likely N-dealkylation sites (tertiary alicyclic amines) is 1. The predicted octanol–water partition coefficient (Wildman–Crippen LogP) is 1.99. The Morgan fingerprint density at radius 1 is 1.22 bits per heavy atom. The van der Waals surface area contributed by atoms with Crippen LogP contribution in [0.3, 0.4) is 0 Å². The molecule has 1 saturated heterocycles. The fourth-order valence-corrected chi connectivity index (χ4v) is 4.73. The van der Waals surface area contributed by atoms with Crippen LogP contribution in [0, 0.1) is 6.92 Å². The van der Waals surface area contributed by atoms with Crippen molar-refractivity contribution in [2.45, 2.75) is 39.2 Å². The summed E-state index contributed by atoms with van der Waals surface area (Å²) in [4.78, 5) is 29.5. The first-order valence-electron chi connectivity index (χ1n) is 11.2. The Bertz CT molecular complexity index is 982. The highest BCUT2D eigenvalue weighted by Crippen LogP contribution is 2.40. The van der Waals surface area contributed by atoms with Gasteiger partial charge in [-0.3, -0.25) is 9.59 Å². The molecule has 1 aromatic carbocycles. The van der Waals surface area contributed by atoms with Crippen molar-refractivity contribution in [1.82, 2.24) is 4.90 Å². The van der Waals surface area contributed by atoms with Gasteiger partial charge in [0.25, 0.3) is 5.91 Å². The van der Waals surface area contributed by atoms with Crippen molar-refractivity contribution in [2.75, 3.05) is 33.8 Å². The van der Waals surface area contributed by atoms with Crippen LogP contribution in [0.15, 0.2) is 41.3 Å². The molecule has 1 N–H and O–H groups in total. The number of nitrogens with zero attached hydrogens (tertiary/aromatic N) is 1. The number of ether oxygens (including phenoxy) is 1. The number of aryl methyl sites for hydroxylation is 1. The second-order valence-electron chi connectivity index (χ2n) is 8.48. The number of rotatable bonds is 10. The molecule has 1 amide bonds. The number of Topliss-reactive ketones (excluding diaryl/α,β-unsaturated/α-hetero) is 1. The summed E-state index contributed by atoms with van der Waals surface area (Å²) in [5.41, 5.74) is 1.29. The Hall–Kier alpha value is -2.64. The molecule has 1 aliphatic heterocycles. The van der Waals surface area contributed by atoms with Crippen molar-refractivity contribution < 1.29 is 24.3 Å². The van der Waals surface area contributed by atoms with Crippen molar-refractivity contribution in [1.29, 1.82) is 0 Å². The molecule has 1 unspecified atom stereocenters. The third kappa shape index (κ3) is 5.22. The molecule has 0 saturated carbocycles. The van der Waals surface area contributed by atoms with E-state index in [0.29, 0.717) is 18.7 Å². The van der Waals surface area contributed by atoms with E-state index in [1.165, 1.54) is 16.2 Å². The Labute approximate surface area is 194 Å². The molecule has 1 aliphatic rings. The molecule has 0 aliphatic carbocycles. The summed E-state index contributed by atoms with van der Waals surface area (Å²) >= 11 is 1.46. The fourth-order valence-electron chi connectivity index (χ4n) is 3.88. The van der Waals surface area contributed by atoms with Crippen LogP contribution < -0.4 is 14.7 Å². The molecule has 172 valence electrons. The Balaban J connectivity index is 1.96. The van der Waals surface area contributed by atoms with Crippen LogP contribution in [0.1, 0.15) is 48.2 Å². The molecule has 0 spiro atoms. The Kier molecular flexibility index (Phi) is 8.10. The number of carbonyl (C=O) groups excluding carboxylic acids is 2. The van der Waals surface area contributed by atoms with E-state index < -0.39 is 17.7 Å². The Morgan fingerprint density at radius 3 is 2.62 bits per heavy atom. The van der Waals surface area contributed by atoms with Crippen LogP contribution in [-0.2, 0) is 9.59 Å². The van der Waals surface area contributed by atoms with E-state index in [-0.39, 0.29) is 11.3 Å². The van der Waals surface area contributed by atoms with Gasteiger partial charge in [0.05, 0.1) is 33.3 Å². The summed E-state index contributed by atoms with van der Waals surface area (Å²) in [5, 5.41) is 15.4. The van der Waals surface area contributed by atoms with Gasteiger partial charge in [-0.25, -0.2) is 0 Å². The number of nitrogens with one attached hydrogen (secondary N) is 1. The number of hydrogen-bond donors (Lipinski definition) is 1. The van der Waals surface area contributed by atoms with E-state index in [1.54, 1.807) is 23.1 Å². The van der Waals surface area contributed by atoms with Gasteiger partial charge in [0.1, 0.15) is 5.75 Å². The summed E-state index contributed by atoms with van der Waals surface area (Å²) in [5.74, 6) is -0.926. The van der Waals surface area contributed by atoms with E-state index in [4.69, 9.17) is 4.74 Å². The molecule has 0 bridgehead atoms. The van der Waals surface area contributed by atoms with Crippen LogP contribution in [0.5, 0.6) is 5.75 Å². The summed E-state index contributed by atoms with van der Waals surface area (Å²) in [6.07, 6.45) is 2.76. The largest absolute Gasteiger partial charge is 0.872 e. The van der Waals surface area contributed by atoms with Crippen molar-refractivity contribution in [3.05, 3.63) is 57.3 Å². The number of thiophene rings is 1. The quantitative estimate of drug-likeness (QED) is 0.257. The van der Waals surface area contributed by atoms with Crippen LogP contribution in [0.4, 0.5) is 0 Å². The third-order valence-electron chi connectivity index (χ3n) is 5.61. The summed E-state index contributed by atoms with van der Waals surface area (Å²) in [7, 11) is 4.10. The molecule has 32 heavy (non-hydrogen) atoms. The van der Waals surface area contributed by atoms with E-state index in [2.05, 4.69) is 6.92 Å². The molecular weight excluding hydrogens is 424 g/mol. The van der Waals surface area contributed by atoms with Gasteiger partial charge in [-0.1, -0.05) is 31.2 Å². The molecule has 3 rings (SSSR count). The normalized spacial score (nSPS) is 18.0. The minimum absolute atomic E-state index is 0.0497. The van der Waals surface area contributed by atoms with Crippen LogP contribution in [0.2, 0.25) is 0 Å². The first kappa shape index (κ1) is 24.0. The minimum Gasteiger partial charge on any atom is -0.872 e. The molecule has 1 aromatic heterocycles. The molecule has 2 heterocycles. The van der Waals surface area contributed by atoms with Crippen molar-refractivity contribution in [2.24, 2.45) is 0 Å². The van der Waals surface area contributed by atoms with E-state index in [0.717, 1.165) is 42.0 Å². The number of unbranched alkanes of at least 4 members (excludes halogenated alkanes) is 1. The molecule has 0 radical (unpaired) electrons. The summed E-state index contributed by atoms with van der Waals surface area (Å²) < 4.78 is 5.79. The van der Waals surface area contributed by atoms with Gasteiger partial charge in [0, 0.05) is 23.4 Å². The molecule has 1 atom stereocenters. The lowest BCUT2D eigenvalue weighted by Gasteiger charge is -2.26. The third-order valence-corrected chi connectivity index (χ3v) is 6.54. The van der Waals surface area contributed by atoms with E-state index in [9.17, 15) is 14.7 Å². The highest BCUT2D eigenvalue weighted by atomic mass is 32.1. The zero-order chi connectivity index (χ0) is 23.3.